The Morgan fingerprint density at radius 2 is 2.10 bits per heavy atom. The molecule has 2 unspecified atom stereocenters. The molecule has 1 aliphatic carbocycles. The molecule has 0 heteroatoms. The van der Waals surface area contributed by atoms with Crippen molar-refractivity contribution in [1.82, 2.24) is 0 Å². The van der Waals surface area contributed by atoms with Crippen LogP contribution in [0.5, 0.6) is 0 Å². The molecule has 58 valence electrons. The van der Waals surface area contributed by atoms with Crippen LogP contribution in [0.1, 0.15) is 34.1 Å². The van der Waals surface area contributed by atoms with Crippen LogP contribution in [-0.4, -0.2) is 0 Å². The Kier molecular flexibility index (Phi) is 2.18. The summed E-state index contributed by atoms with van der Waals surface area (Å²) in [5, 5.41) is 0. The fraction of sp³-hybridized carbons (Fsp3) is 0.800. The van der Waals surface area contributed by atoms with Crippen molar-refractivity contribution in [3.63, 3.8) is 0 Å². The van der Waals surface area contributed by atoms with E-state index in [0.717, 1.165) is 17.8 Å². The summed E-state index contributed by atoms with van der Waals surface area (Å²) in [6.07, 6.45) is 3.68. The van der Waals surface area contributed by atoms with Crippen LogP contribution in [0, 0.1) is 17.8 Å². The number of allylic oxidation sites excluding steroid dienone is 2. The normalized spacial score (nSPS) is 35.5. The van der Waals surface area contributed by atoms with E-state index in [9.17, 15) is 0 Å². The summed E-state index contributed by atoms with van der Waals surface area (Å²) in [7, 11) is 0. The zero-order valence-electron chi connectivity index (χ0n) is 7.52. The Hall–Kier alpha value is -0.260. The zero-order chi connectivity index (χ0) is 7.72. The third kappa shape index (κ3) is 1.42. The molecule has 2 atom stereocenters. The SMILES string of the molecule is CC=C1C(C)C1CC(C)C. The topological polar surface area (TPSA) is 0 Å². The fourth-order valence-electron chi connectivity index (χ4n) is 1.82. The first-order valence-electron chi connectivity index (χ1n) is 4.33. The molecule has 0 amide bonds. The molecule has 0 heterocycles. The lowest BCUT2D eigenvalue weighted by molar-refractivity contribution is 0.525. The second kappa shape index (κ2) is 2.77. The molecule has 0 nitrogen and oxygen atoms in total. The lowest BCUT2D eigenvalue weighted by Gasteiger charge is -1.99. The summed E-state index contributed by atoms with van der Waals surface area (Å²) in [5.74, 6) is 2.70. The minimum atomic E-state index is 0.866. The van der Waals surface area contributed by atoms with Gasteiger partial charge in [-0.2, -0.15) is 0 Å². The Labute approximate surface area is 64.3 Å². The van der Waals surface area contributed by atoms with Crippen molar-refractivity contribution < 1.29 is 0 Å². The van der Waals surface area contributed by atoms with Gasteiger partial charge in [-0.1, -0.05) is 32.4 Å². The standard InChI is InChI=1S/C10H18/c1-5-9-8(4)10(9)6-7(2)3/h5,7-8,10H,6H2,1-4H3. The fourth-order valence-corrected chi connectivity index (χ4v) is 1.82. The Morgan fingerprint density at radius 1 is 1.50 bits per heavy atom. The molecular formula is C10H18. The van der Waals surface area contributed by atoms with Crippen molar-refractivity contribution in [2.75, 3.05) is 0 Å². The summed E-state index contributed by atoms with van der Waals surface area (Å²) >= 11 is 0. The predicted molar refractivity (Wildman–Crippen MR) is 45.9 cm³/mol. The van der Waals surface area contributed by atoms with E-state index < -0.39 is 0 Å². The number of rotatable bonds is 2. The Morgan fingerprint density at radius 3 is 2.40 bits per heavy atom. The van der Waals surface area contributed by atoms with Crippen LogP contribution in [0.3, 0.4) is 0 Å². The average Bonchev–Trinajstić information content (AvgIpc) is 2.41. The van der Waals surface area contributed by atoms with E-state index in [0.29, 0.717) is 0 Å². The highest BCUT2D eigenvalue weighted by Crippen LogP contribution is 2.48. The van der Waals surface area contributed by atoms with E-state index >= 15 is 0 Å². The second-order valence-electron chi connectivity index (χ2n) is 3.81. The van der Waals surface area contributed by atoms with Crippen LogP contribution in [0.25, 0.3) is 0 Å². The Bertz CT molecular complexity index is 142. The van der Waals surface area contributed by atoms with Gasteiger partial charge in [0.15, 0.2) is 0 Å². The maximum atomic E-state index is 2.34. The highest BCUT2D eigenvalue weighted by atomic mass is 14.4. The van der Waals surface area contributed by atoms with Gasteiger partial charge in [-0.05, 0) is 31.1 Å². The van der Waals surface area contributed by atoms with E-state index in [4.69, 9.17) is 0 Å². The molecule has 0 aliphatic heterocycles. The van der Waals surface area contributed by atoms with E-state index in [1.54, 1.807) is 5.57 Å². The minimum Gasteiger partial charge on any atom is -0.0879 e. The van der Waals surface area contributed by atoms with Crippen LogP contribution in [-0.2, 0) is 0 Å². The van der Waals surface area contributed by atoms with Gasteiger partial charge < -0.3 is 0 Å². The van der Waals surface area contributed by atoms with Crippen molar-refractivity contribution >= 4 is 0 Å². The lowest BCUT2D eigenvalue weighted by atomic mass is 10.1. The summed E-state index contributed by atoms with van der Waals surface area (Å²) in [5.41, 5.74) is 1.69. The second-order valence-corrected chi connectivity index (χ2v) is 3.81. The number of hydrogen-bond donors (Lipinski definition) is 0. The largest absolute Gasteiger partial charge is 0.0879 e. The average molecular weight is 138 g/mol. The lowest BCUT2D eigenvalue weighted by Crippen LogP contribution is -1.88. The van der Waals surface area contributed by atoms with Gasteiger partial charge in [0.1, 0.15) is 0 Å². The Balaban J connectivity index is 2.35. The maximum absolute atomic E-state index is 2.34. The third-order valence-electron chi connectivity index (χ3n) is 2.51. The minimum absolute atomic E-state index is 0.866. The summed E-state index contributed by atoms with van der Waals surface area (Å²) in [6.45, 7) is 9.10. The maximum Gasteiger partial charge on any atom is -0.0135 e. The van der Waals surface area contributed by atoms with Gasteiger partial charge in [-0.25, -0.2) is 0 Å². The molecule has 0 bridgehead atoms. The molecule has 0 saturated heterocycles. The van der Waals surface area contributed by atoms with Crippen LogP contribution in [0.2, 0.25) is 0 Å². The third-order valence-corrected chi connectivity index (χ3v) is 2.51. The first-order valence-corrected chi connectivity index (χ1v) is 4.33. The molecule has 1 rings (SSSR count). The molecule has 1 saturated carbocycles. The number of hydrogen-bond acceptors (Lipinski definition) is 0. The van der Waals surface area contributed by atoms with Crippen molar-refractivity contribution in [3.05, 3.63) is 11.6 Å². The highest BCUT2D eigenvalue weighted by molar-refractivity contribution is 5.27. The molecule has 10 heavy (non-hydrogen) atoms. The van der Waals surface area contributed by atoms with Crippen LogP contribution in [0.15, 0.2) is 11.6 Å². The molecule has 0 aromatic heterocycles. The molecule has 0 N–H and O–H groups in total. The molecule has 1 aliphatic rings. The van der Waals surface area contributed by atoms with Gasteiger partial charge in [0.25, 0.3) is 0 Å². The molecule has 0 radical (unpaired) electrons. The molecule has 1 fully saturated rings. The monoisotopic (exact) mass is 138 g/mol. The van der Waals surface area contributed by atoms with E-state index in [1.807, 2.05) is 0 Å². The molecule has 0 aromatic carbocycles. The van der Waals surface area contributed by atoms with E-state index in [2.05, 4.69) is 33.8 Å². The van der Waals surface area contributed by atoms with Crippen LogP contribution >= 0.6 is 0 Å². The quantitative estimate of drug-likeness (QED) is 0.514. The first-order chi connectivity index (χ1) is 4.66. The van der Waals surface area contributed by atoms with E-state index in [-0.39, 0.29) is 0 Å². The van der Waals surface area contributed by atoms with Gasteiger partial charge in [-0.3, -0.25) is 0 Å². The zero-order valence-corrected chi connectivity index (χ0v) is 7.52. The smallest absolute Gasteiger partial charge is 0.0135 e. The molecule has 0 spiro atoms. The van der Waals surface area contributed by atoms with Crippen LogP contribution in [0.4, 0.5) is 0 Å². The van der Waals surface area contributed by atoms with Crippen LogP contribution < -0.4 is 0 Å². The van der Waals surface area contributed by atoms with Gasteiger partial charge >= 0.3 is 0 Å². The first kappa shape index (κ1) is 7.84. The van der Waals surface area contributed by atoms with Gasteiger partial charge in [0.2, 0.25) is 0 Å². The van der Waals surface area contributed by atoms with Crippen molar-refractivity contribution in [3.8, 4) is 0 Å². The summed E-state index contributed by atoms with van der Waals surface area (Å²) in [6, 6.07) is 0. The predicted octanol–water partition coefficient (Wildman–Crippen LogP) is 3.24. The van der Waals surface area contributed by atoms with Crippen molar-refractivity contribution in [2.45, 2.75) is 34.1 Å². The highest BCUT2D eigenvalue weighted by Gasteiger charge is 2.38. The van der Waals surface area contributed by atoms with Gasteiger partial charge in [0, 0.05) is 0 Å². The van der Waals surface area contributed by atoms with Gasteiger partial charge in [0.05, 0.1) is 0 Å². The molecular weight excluding hydrogens is 120 g/mol. The summed E-state index contributed by atoms with van der Waals surface area (Å²) in [4.78, 5) is 0. The van der Waals surface area contributed by atoms with Crippen molar-refractivity contribution in [1.29, 1.82) is 0 Å². The van der Waals surface area contributed by atoms with Gasteiger partial charge in [-0.15, -0.1) is 0 Å². The molecule has 0 aromatic rings. The summed E-state index contributed by atoms with van der Waals surface area (Å²) < 4.78 is 0. The van der Waals surface area contributed by atoms with Crippen molar-refractivity contribution in [2.24, 2.45) is 17.8 Å². The van der Waals surface area contributed by atoms with E-state index in [1.165, 1.54) is 6.42 Å².